The molecule has 3 heteroatoms. The third-order valence-electron chi connectivity index (χ3n) is 4.71. The number of nitrogens with two attached hydrogens (primary N) is 1. The van der Waals surface area contributed by atoms with Crippen LogP contribution in [0.25, 0.3) is 0 Å². The summed E-state index contributed by atoms with van der Waals surface area (Å²) in [7, 11) is 0. The predicted octanol–water partition coefficient (Wildman–Crippen LogP) is 2.79. The lowest BCUT2D eigenvalue weighted by atomic mass is 9.83. The smallest absolute Gasteiger partial charge is 0.0649 e. The largest absolute Gasteiger partial charge is 0.392 e. The molecular formula is C15H20ClNO. The molecule has 0 bridgehead atoms. The van der Waals surface area contributed by atoms with Crippen molar-refractivity contribution in [1.29, 1.82) is 0 Å². The van der Waals surface area contributed by atoms with E-state index in [1.165, 1.54) is 19.3 Å². The lowest BCUT2D eigenvalue weighted by molar-refractivity contribution is 0.0790. The SMILES string of the molecule is NCC(c1cccc(Cl)c1)C(O)C1CC2CC2C1. The number of benzene rings is 1. The Morgan fingerprint density at radius 3 is 2.61 bits per heavy atom. The molecule has 2 saturated carbocycles. The molecule has 0 spiro atoms. The zero-order valence-electron chi connectivity index (χ0n) is 10.4. The van der Waals surface area contributed by atoms with Crippen molar-refractivity contribution in [3.05, 3.63) is 34.9 Å². The van der Waals surface area contributed by atoms with Gasteiger partial charge in [-0.2, -0.15) is 0 Å². The van der Waals surface area contributed by atoms with E-state index in [1.54, 1.807) is 0 Å². The first kappa shape index (κ1) is 12.5. The highest BCUT2D eigenvalue weighted by molar-refractivity contribution is 6.30. The van der Waals surface area contributed by atoms with Gasteiger partial charge in [-0.15, -0.1) is 0 Å². The van der Waals surface area contributed by atoms with E-state index in [2.05, 4.69) is 0 Å². The number of hydrogen-bond donors (Lipinski definition) is 2. The maximum absolute atomic E-state index is 10.6. The van der Waals surface area contributed by atoms with Crippen LogP contribution in [-0.2, 0) is 0 Å². The quantitative estimate of drug-likeness (QED) is 0.879. The molecule has 2 fully saturated rings. The van der Waals surface area contributed by atoms with Gasteiger partial charge in [-0.25, -0.2) is 0 Å². The zero-order valence-corrected chi connectivity index (χ0v) is 11.2. The molecule has 0 radical (unpaired) electrons. The average molecular weight is 266 g/mol. The lowest BCUT2D eigenvalue weighted by Crippen LogP contribution is -2.32. The first-order chi connectivity index (χ1) is 8.69. The Morgan fingerprint density at radius 2 is 2.00 bits per heavy atom. The van der Waals surface area contributed by atoms with E-state index in [0.29, 0.717) is 17.5 Å². The zero-order chi connectivity index (χ0) is 12.7. The number of fused-ring (bicyclic) bond motifs is 1. The fraction of sp³-hybridized carbons (Fsp3) is 0.600. The molecule has 0 saturated heterocycles. The van der Waals surface area contributed by atoms with Crippen molar-refractivity contribution < 1.29 is 5.11 Å². The fourth-order valence-corrected chi connectivity index (χ4v) is 3.78. The number of rotatable bonds is 4. The minimum Gasteiger partial charge on any atom is -0.392 e. The maximum Gasteiger partial charge on any atom is 0.0649 e. The Kier molecular flexibility index (Phi) is 3.35. The summed E-state index contributed by atoms with van der Waals surface area (Å²) < 4.78 is 0. The fourth-order valence-electron chi connectivity index (χ4n) is 3.58. The molecule has 4 unspecified atom stereocenters. The molecule has 1 aromatic carbocycles. The van der Waals surface area contributed by atoms with Crippen LogP contribution >= 0.6 is 11.6 Å². The second-order valence-corrected chi connectivity index (χ2v) is 6.31. The van der Waals surface area contributed by atoms with Crippen LogP contribution in [0.4, 0.5) is 0 Å². The number of halogens is 1. The first-order valence-corrected chi connectivity index (χ1v) is 7.20. The highest BCUT2D eigenvalue weighted by atomic mass is 35.5. The summed E-state index contributed by atoms with van der Waals surface area (Å²) in [5.74, 6) is 2.23. The summed E-state index contributed by atoms with van der Waals surface area (Å²) in [6, 6.07) is 7.73. The molecule has 2 nitrogen and oxygen atoms in total. The van der Waals surface area contributed by atoms with E-state index in [0.717, 1.165) is 17.4 Å². The van der Waals surface area contributed by atoms with Crippen molar-refractivity contribution in [1.82, 2.24) is 0 Å². The summed E-state index contributed by atoms with van der Waals surface area (Å²) in [5.41, 5.74) is 6.93. The number of aliphatic hydroxyl groups is 1. The van der Waals surface area contributed by atoms with Gasteiger partial charge >= 0.3 is 0 Å². The molecule has 3 rings (SSSR count). The van der Waals surface area contributed by atoms with Crippen LogP contribution in [0, 0.1) is 17.8 Å². The molecule has 3 N–H and O–H groups in total. The highest BCUT2D eigenvalue weighted by Crippen LogP contribution is 2.56. The summed E-state index contributed by atoms with van der Waals surface area (Å²) >= 11 is 6.02. The Bertz CT molecular complexity index is 426. The van der Waals surface area contributed by atoms with Crippen LogP contribution in [0.3, 0.4) is 0 Å². The van der Waals surface area contributed by atoms with Gasteiger partial charge in [0.25, 0.3) is 0 Å². The second kappa shape index (κ2) is 4.84. The number of hydrogen-bond acceptors (Lipinski definition) is 2. The van der Waals surface area contributed by atoms with Gasteiger partial charge in [0.05, 0.1) is 6.10 Å². The minimum absolute atomic E-state index is 0.0196. The molecule has 4 atom stereocenters. The number of aliphatic hydroxyl groups excluding tert-OH is 1. The third-order valence-corrected chi connectivity index (χ3v) is 4.94. The molecule has 18 heavy (non-hydrogen) atoms. The normalized spacial score (nSPS) is 32.9. The van der Waals surface area contributed by atoms with Crippen LogP contribution in [0.5, 0.6) is 0 Å². The molecular weight excluding hydrogens is 246 g/mol. The Morgan fingerprint density at radius 1 is 1.28 bits per heavy atom. The van der Waals surface area contributed by atoms with Gasteiger partial charge in [-0.1, -0.05) is 23.7 Å². The first-order valence-electron chi connectivity index (χ1n) is 6.82. The average Bonchev–Trinajstić information content (AvgIpc) is 2.97. The van der Waals surface area contributed by atoms with Gasteiger partial charge in [-0.3, -0.25) is 0 Å². The predicted molar refractivity (Wildman–Crippen MR) is 73.6 cm³/mol. The van der Waals surface area contributed by atoms with Gasteiger partial charge in [0, 0.05) is 17.5 Å². The summed E-state index contributed by atoms with van der Waals surface area (Å²) in [5, 5.41) is 11.3. The van der Waals surface area contributed by atoms with Crippen LogP contribution in [-0.4, -0.2) is 17.8 Å². The Hall–Kier alpha value is -0.570. The van der Waals surface area contributed by atoms with Crippen LogP contribution in [0.1, 0.15) is 30.7 Å². The van der Waals surface area contributed by atoms with Crippen molar-refractivity contribution >= 4 is 11.6 Å². The molecule has 0 heterocycles. The Labute approximate surface area is 113 Å². The minimum atomic E-state index is -0.318. The van der Waals surface area contributed by atoms with Gasteiger partial charge in [-0.05, 0) is 54.7 Å². The van der Waals surface area contributed by atoms with Crippen molar-refractivity contribution in [3.63, 3.8) is 0 Å². The van der Waals surface area contributed by atoms with E-state index in [4.69, 9.17) is 17.3 Å². The molecule has 2 aliphatic carbocycles. The topological polar surface area (TPSA) is 46.2 Å². The second-order valence-electron chi connectivity index (χ2n) is 5.88. The monoisotopic (exact) mass is 265 g/mol. The highest BCUT2D eigenvalue weighted by Gasteiger charge is 2.48. The third kappa shape index (κ3) is 2.29. The standard InChI is InChI=1S/C15H20ClNO/c16-13-3-1-2-9(7-13)14(8-17)15(18)12-5-10-4-11(10)6-12/h1-3,7,10-12,14-15,18H,4-6,8,17H2. The van der Waals surface area contributed by atoms with E-state index in [-0.39, 0.29) is 12.0 Å². The summed E-state index contributed by atoms with van der Waals surface area (Å²) in [4.78, 5) is 0. The van der Waals surface area contributed by atoms with Gasteiger partial charge in [0.1, 0.15) is 0 Å². The van der Waals surface area contributed by atoms with E-state index in [9.17, 15) is 5.11 Å². The van der Waals surface area contributed by atoms with Crippen LogP contribution < -0.4 is 5.73 Å². The van der Waals surface area contributed by atoms with Crippen molar-refractivity contribution in [2.45, 2.75) is 31.3 Å². The van der Waals surface area contributed by atoms with Crippen LogP contribution in [0.2, 0.25) is 5.02 Å². The molecule has 2 aliphatic rings. The van der Waals surface area contributed by atoms with E-state index in [1.807, 2.05) is 24.3 Å². The van der Waals surface area contributed by atoms with Crippen molar-refractivity contribution in [2.75, 3.05) is 6.54 Å². The van der Waals surface area contributed by atoms with Crippen molar-refractivity contribution in [3.8, 4) is 0 Å². The van der Waals surface area contributed by atoms with Gasteiger partial charge in [0.15, 0.2) is 0 Å². The summed E-state index contributed by atoms with van der Waals surface area (Å²) in [6.45, 7) is 0.480. The lowest BCUT2D eigenvalue weighted by Gasteiger charge is -2.28. The van der Waals surface area contributed by atoms with Crippen LogP contribution in [0.15, 0.2) is 24.3 Å². The van der Waals surface area contributed by atoms with Crippen molar-refractivity contribution in [2.24, 2.45) is 23.5 Å². The maximum atomic E-state index is 10.6. The van der Waals surface area contributed by atoms with Gasteiger partial charge in [0.2, 0.25) is 0 Å². The molecule has 0 amide bonds. The molecule has 98 valence electrons. The van der Waals surface area contributed by atoms with E-state index < -0.39 is 0 Å². The Balaban J connectivity index is 1.74. The molecule has 0 aromatic heterocycles. The summed E-state index contributed by atoms with van der Waals surface area (Å²) in [6.07, 6.45) is 3.43. The molecule has 1 aromatic rings. The van der Waals surface area contributed by atoms with E-state index >= 15 is 0 Å². The van der Waals surface area contributed by atoms with Gasteiger partial charge < -0.3 is 10.8 Å². The molecule has 0 aliphatic heterocycles.